The normalized spacial score (nSPS) is 14.3. The van der Waals surface area contributed by atoms with Crippen LogP contribution in [0.25, 0.3) is 94.1 Å². The monoisotopic (exact) mass is 1310 g/mol. The molecule has 3 aliphatic carbocycles. The van der Waals surface area contributed by atoms with Gasteiger partial charge in [0.05, 0.1) is 22.8 Å². The first-order valence-corrected chi connectivity index (χ1v) is 39.5. The molecule has 2 aromatic heterocycles. The zero-order valence-corrected chi connectivity index (χ0v) is 61.7. The van der Waals surface area contributed by atoms with E-state index in [9.17, 15) is 0 Å². The summed E-state index contributed by atoms with van der Waals surface area (Å²) in [5.41, 5.74) is 28.8. The van der Waals surface area contributed by atoms with Gasteiger partial charge in [-0.05, 0) is 187 Å². The zero-order chi connectivity index (χ0) is 68.9. The summed E-state index contributed by atoms with van der Waals surface area (Å²) >= 11 is 0. The van der Waals surface area contributed by atoms with Crippen LogP contribution in [-0.2, 0) is 16.2 Å². The number of nitrogens with zero attached hydrogens (tertiary/aromatic N) is 2. The van der Waals surface area contributed by atoms with Crippen molar-refractivity contribution >= 4 is 60.8 Å². The Bertz CT molecular complexity index is 3840. The first-order valence-electron chi connectivity index (χ1n) is 39.5. The third-order valence-corrected chi connectivity index (χ3v) is 22.8. The minimum Gasteiger partial charge on any atom is -0.249 e. The summed E-state index contributed by atoms with van der Waals surface area (Å²) in [6, 6.07) is 56.3. The van der Waals surface area contributed by atoms with Crippen LogP contribution < -0.4 is 0 Å². The smallest absolute Gasteiger partial charge is 0.0637 e. The van der Waals surface area contributed by atoms with Crippen LogP contribution in [0.5, 0.6) is 0 Å². The van der Waals surface area contributed by atoms with Gasteiger partial charge in [-0.1, -0.05) is 367 Å². The van der Waals surface area contributed by atoms with E-state index in [-0.39, 0.29) is 16.2 Å². The molecule has 0 fully saturated rings. The Hall–Kier alpha value is -7.94. The molecule has 99 heavy (non-hydrogen) atoms. The summed E-state index contributed by atoms with van der Waals surface area (Å²) in [6.07, 6.45) is 59.5. The molecule has 0 N–H and O–H groups in total. The molecule has 0 atom stereocenters. The number of unbranched alkanes of at least 4 members (excludes halogenated alkanes) is 18. The van der Waals surface area contributed by atoms with Gasteiger partial charge in [0.15, 0.2) is 0 Å². The second-order valence-electron chi connectivity index (χ2n) is 29.7. The number of fused-ring (bicyclic) bond motifs is 9. The molecule has 0 radical (unpaired) electrons. The van der Waals surface area contributed by atoms with Crippen LogP contribution in [0.2, 0.25) is 0 Å². The van der Waals surface area contributed by atoms with Gasteiger partial charge in [-0.15, -0.1) is 0 Å². The summed E-state index contributed by atoms with van der Waals surface area (Å²) in [7, 11) is 0. The van der Waals surface area contributed by atoms with E-state index in [1.165, 1.54) is 280 Å². The molecule has 0 aliphatic heterocycles. The van der Waals surface area contributed by atoms with E-state index in [1.807, 2.05) is 12.2 Å². The number of benzene rings is 6. The van der Waals surface area contributed by atoms with E-state index < -0.39 is 0 Å². The third-order valence-electron chi connectivity index (χ3n) is 22.8. The summed E-state index contributed by atoms with van der Waals surface area (Å²) in [5, 5.41) is 0. The van der Waals surface area contributed by atoms with Crippen molar-refractivity contribution in [2.24, 2.45) is 0 Å². The van der Waals surface area contributed by atoms with Crippen molar-refractivity contribution in [3.05, 3.63) is 248 Å². The Morgan fingerprint density at radius 2 is 0.444 bits per heavy atom. The van der Waals surface area contributed by atoms with Crippen LogP contribution >= 0.6 is 0 Å². The summed E-state index contributed by atoms with van der Waals surface area (Å²) in [6.45, 7) is 22.4. The van der Waals surface area contributed by atoms with Gasteiger partial charge in [-0.3, -0.25) is 0 Å². The molecule has 6 aromatic carbocycles. The molecule has 0 amide bonds. The fourth-order valence-corrected chi connectivity index (χ4v) is 17.4. The fourth-order valence-electron chi connectivity index (χ4n) is 17.4. The predicted molar refractivity (Wildman–Crippen MR) is 435 cm³/mol. The second-order valence-corrected chi connectivity index (χ2v) is 29.7. The zero-order valence-electron chi connectivity index (χ0n) is 61.7. The van der Waals surface area contributed by atoms with Gasteiger partial charge in [0.1, 0.15) is 0 Å². The fraction of sp³-hybridized carbons (Fsp3) is 0.402. The number of hydrogen-bond acceptors (Lipinski definition) is 2. The van der Waals surface area contributed by atoms with E-state index >= 15 is 0 Å². The lowest BCUT2D eigenvalue weighted by Crippen LogP contribution is -2.25. The first kappa shape index (κ1) is 72.3. The van der Waals surface area contributed by atoms with E-state index in [0.29, 0.717) is 0 Å². The topological polar surface area (TPSA) is 25.8 Å². The maximum absolute atomic E-state index is 5.24. The van der Waals surface area contributed by atoms with Crippen LogP contribution in [-0.4, -0.2) is 9.97 Å². The van der Waals surface area contributed by atoms with Crippen molar-refractivity contribution in [2.45, 2.75) is 250 Å². The average molecular weight is 1310 g/mol. The number of rotatable bonds is 40. The molecule has 0 saturated heterocycles. The lowest BCUT2D eigenvalue weighted by Gasteiger charge is -2.33. The van der Waals surface area contributed by atoms with E-state index in [1.54, 1.807) is 0 Å². The van der Waals surface area contributed by atoms with E-state index in [0.717, 1.165) is 35.6 Å². The van der Waals surface area contributed by atoms with Crippen LogP contribution in [0.3, 0.4) is 0 Å². The van der Waals surface area contributed by atoms with Crippen LogP contribution in [0, 0.1) is 0 Å². The van der Waals surface area contributed by atoms with E-state index in [4.69, 9.17) is 9.97 Å². The third kappa shape index (κ3) is 16.8. The highest BCUT2D eigenvalue weighted by Crippen LogP contribution is 2.58. The maximum atomic E-state index is 5.24. The van der Waals surface area contributed by atoms with Crippen molar-refractivity contribution in [2.75, 3.05) is 0 Å². The lowest BCUT2D eigenvalue weighted by molar-refractivity contribution is 0.401. The van der Waals surface area contributed by atoms with E-state index in [2.05, 4.69) is 249 Å². The van der Waals surface area contributed by atoms with Gasteiger partial charge in [-0.2, -0.15) is 0 Å². The summed E-state index contributed by atoms with van der Waals surface area (Å²) < 4.78 is 0. The largest absolute Gasteiger partial charge is 0.249 e. The molecule has 514 valence electrons. The standard InChI is InChI=1S/C97H116N2/c1-9-17-23-29-61-95(62-30-24-18-10-2)89-67-73(15-7)45-55-83(89)85-57-47-75(69-91(85)95)41-51-79-37-35-39-81(98-79)53-43-77-49-59-87-88-60-50-78(72-94(88)97(93(87)71-77,65-33-27-21-13-5)66-34-28-22-14-6)44-54-82-40-36-38-80(99-82)52-42-76-48-58-86-84-56-46-74(16-8)68-90(84)96(92(86)70-76,63-31-25-19-11-3)64-32-26-20-12-4/h15-16,35-60,67-72H,7-14,17-34,61-66H2,1-6H3/b51-41+,52-42+,53-43+,54-44+. The number of hydrogen-bond donors (Lipinski definition) is 0. The Morgan fingerprint density at radius 1 is 0.242 bits per heavy atom. The molecular formula is C97H116N2. The first-order chi connectivity index (χ1) is 48.7. The summed E-state index contributed by atoms with van der Waals surface area (Å²) in [4.78, 5) is 10.5. The van der Waals surface area contributed by atoms with Crippen molar-refractivity contribution in [3.8, 4) is 33.4 Å². The van der Waals surface area contributed by atoms with Gasteiger partial charge in [-0.25, -0.2) is 9.97 Å². The molecule has 0 bridgehead atoms. The SMILES string of the molecule is C=Cc1ccc2c(c1)C(CCCCCC)(CCCCCC)c1cc(/C=C/c3cccc(/C=C/c4ccc5c(c4)C(CCCCCC)(CCCCCC)c4cc(/C=C/c6cccc(/C=C/c7ccc8c(c7)C(CCCCCC)(CCCCCC)c7cc(C=C)ccc7-8)n6)ccc4-5)n3)ccc1-2. The maximum Gasteiger partial charge on any atom is 0.0637 e. The van der Waals surface area contributed by atoms with Crippen LogP contribution in [0.1, 0.15) is 324 Å². The van der Waals surface area contributed by atoms with Gasteiger partial charge < -0.3 is 0 Å². The van der Waals surface area contributed by atoms with Crippen molar-refractivity contribution in [3.63, 3.8) is 0 Å². The van der Waals surface area contributed by atoms with Gasteiger partial charge in [0, 0.05) is 16.2 Å². The molecular weight excluding hydrogens is 1190 g/mol. The van der Waals surface area contributed by atoms with Crippen molar-refractivity contribution < 1.29 is 0 Å². The summed E-state index contributed by atoms with van der Waals surface area (Å²) in [5.74, 6) is 0. The molecule has 0 unspecified atom stereocenters. The molecule has 2 nitrogen and oxygen atoms in total. The molecule has 8 aromatic rings. The number of aromatic nitrogens is 2. The second kappa shape index (κ2) is 35.4. The molecule has 0 spiro atoms. The van der Waals surface area contributed by atoms with Gasteiger partial charge in [0.2, 0.25) is 0 Å². The molecule has 0 saturated carbocycles. The predicted octanol–water partition coefficient (Wildman–Crippen LogP) is 29.1. The highest BCUT2D eigenvalue weighted by molar-refractivity contribution is 5.88. The minimum atomic E-state index is -0.0664. The Morgan fingerprint density at radius 3 is 0.646 bits per heavy atom. The Kier molecular flexibility index (Phi) is 25.9. The highest BCUT2D eigenvalue weighted by atomic mass is 14.7. The van der Waals surface area contributed by atoms with Crippen molar-refractivity contribution in [1.82, 2.24) is 9.97 Å². The molecule has 2 heterocycles. The highest BCUT2D eigenvalue weighted by Gasteiger charge is 2.45. The minimum absolute atomic E-state index is 0.0145. The lowest BCUT2D eigenvalue weighted by atomic mass is 9.70. The van der Waals surface area contributed by atoms with Crippen LogP contribution in [0.4, 0.5) is 0 Å². The Balaban J connectivity index is 0.843. The quantitative estimate of drug-likeness (QED) is 0.0358. The molecule has 11 rings (SSSR count). The number of pyridine rings is 2. The Labute approximate surface area is 599 Å². The van der Waals surface area contributed by atoms with Gasteiger partial charge in [0.25, 0.3) is 0 Å². The van der Waals surface area contributed by atoms with Crippen LogP contribution in [0.15, 0.2) is 159 Å². The average Bonchev–Trinajstić information content (AvgIpc) is 1.59. The van der Waals surface area contributed by atoms with Gasteiger partial charge >= 0.3 is 0 Å². The molecule has 3 aliphatic rings. The van der Waals surface area contributed by atoms with Crippen molar-refractivity contribution in [1.29, 1.82) is 0 Å². The molecule has 2 heteroatoms.